The minimum atomic E-state index is -0.310. The third kappa shape index (κ3) is 5.04. The summed E-state index contributed by atoms with van der Waals surface area (Å²) < 4.78 is 0. The minimum absolute atomic E-state index is 0.187. The zero-order chi connectivity index (χ0) is 19.9. The molecule has 0 spiro atoms. The molecule has 0 bridgehead atoms. The number of hydrogen-bond donors (Lipinski definition) is 3. The van der Waals surface area contributed by atoms with Gasteiger partial charge in [-0.25, -0.2) is 0 Å². The molecule has 3 aromatic rings. The van der Waals surface area contributed by atoms with Gasteiger partial charge in [-0.1, -0.05) is 24.3 Å². The Hall–Kier alpha value is -3.93. The second kappa shape index (κ2) is 8.64. The Morgan fingerprint density at radius 3 is 1.57 bits per heavy atom. The number of carbonyl (C=O) groups is 3. The molecule has 0 aromatic heterocycles. The van der Waals surface area contributed by atoms with Gasteiger partial charge in [0, 0.05) is 35.1 Å². The van der Waals surface area contributed by atoms with E-state index in [4.69, 9.17) is 0 Å². The number of rotatable bonds is 5. The highest BCUT2D eigenvalue weighted by Gasteiger charge is 2.10. The normalized spacial score (nSPS) is 10.0. The van der Waals surface area contributed by atoms with Gasteiger partial charge in [0.15, 0.2) is 0 Å². The van der Waals surface area contributed by atoms with Gasteiger partial charge in [-0.3, -0.25) is 14.4 Å². The fraction of sp³-hybridized carbons (Fsp3) is 0.0455. The number of benzene rings is 3. The van der Waals surface area contributed by atoms with Crippen LogP contribution in [0, 0.1) is 0 Å². The zero-order valence-corrected chi connectivity index (χ0v) is 15.2. The molecule has 0 heterocycles. The van der Waals surface area contributed by atoms with Crippen LogP contribution >= 0.6 is 0 Å². The highest BCUT2D eigenvalue weighted by atomic mass is 16.2. The first-order chi connectivity index (χ1) is 13.5. The van der Waals surface area contributed by atoms with E-state index < -0.39 is 0 Å². The van der Waals surface area contributed by atoms with Crippen LogP contribution in [0.4, 0.5) is 17.1 Å². The minimum Gasteiger partial charge on any atom is -0.326 e. The first-order valence-electron chi connectivity index (χ1n) is 8.67. The molecule has 28 heavy (non-hydrogen) atoms. The van der Waals surface area contributed by atoms with Gasteiger partial charge in [-0.15, -0.1) is 0 Å². The summed E-state index contributed by atoms with van der Waals surface area (Å²) in [6, 6.07) is 22.4. The maximum absolute atomic E-state index is 12.4. The van der Waals surface area contributed by atoms with Gasteiger partial charge in [-0.2, -0.15) is 0 Å². The molecule has 0 unspecified atom stereocenters. The van der Waals surface area contributed by atoms with Gasteiger partial charge in [0.05, 0.1) is 0 Å². The Labute approximate surface area is 162 Å². The summed E-state index contributed by atoms with van der Waals surface area (Å²) in [5.74, 6) is -0.746. The second-order valence-electron chi connectivity index (χ2n) is 6.11. The highest BCUT2D eigenvalue weighted by Crippen LogP contribution is 2.17. The quantitative estimate of drug-likeness (QED) is 0.628. The fourth-order valence-electron chi connectivity index (χ4n) is 2.58. The van der Waals surface area contributed by atoms with Crippen LogP contribution in [0.3, 0.4) is 0 Å². The Balaban J connectivity index is 1.65. The van der Waals surface area contributed by atoms with Crippen LogP contribution < -0.4 is 16.0 Å². The van der Waals surface area contributed by atoms with E-state index in [9.17, 15) is 14.4 Å². The lowest BCUT2D eigenvalue weighted by atomic mass is 10.1. The van der Waals surface area contributed by atoms with Crippen LogP contribution in [0.2, 0.25) is 0 Å². The second-order valence-corrected chi connectivity index (χ2v) is 6.11. The largest absolute Gasteiger partial charge is 0.326 e. The maximum Gasteiger partial charge on any atom is 0.255 e. The van der Waals surface area contributed by atoms with Gasteiger partial charge >= 0.3 is 0 Å². The number of nitrogens with one attached hydrogen (secondary N) is 3. The Morgan fingerprint density at radius 1 is 0.571 bits per heavy atom. The number of para-hydroxylation sites is 1. The summed E-state index contributed by atoms with van der Waals surface area (Å²) in [5.41, 5.74) is 2.72. The van der Waals surface area contributed by atoms with E-state index in [0.717, 1.165) is 0 Å². The first-order valence-corrected chi connectivity index (χ1v) is 8.67. The predicted molar refractivity (Wildman–Crippen MR) is 110 cm³/mol. The van der Waals surface area contributed by atoms with E-state index in [1.165, 1.54) is 6.92 Å². The van der Waals surface area contributed by atoms with Crippen molar-refractivity contribution < 1.29 is 14.4 Å². The smallest absolute Gasteiger partial charge is 0.255 e. The van der Waals surface area contributed by atoms with E-state index in [-0.39, 0.29) is 17.7 Å². The van der Waals surface area contributed by atoms with Crippen molar-refractivity contribution >= 4 is 34.8 Å². The summed E-state index contributed by atoms with van der Waals surface area (Å²) in [5, 5.41) is 8.23. The SMILES string of the molecule is CC(=O)Nc1cccc(NC(=O)c2ccc(C(=O)Nc3ccccc3)cc2)c1. The van der Waals surface area contributed by atoms with Crippen LogP contribution in [0.1, 0.15) is 27.6 Å². The van der Waals surface area contributed by atoms with Crippen molar-refractivity contribution in [2.75, 3.05) is 16.0 Å². The molecule has 0 fully saturated rings. The summed E-state index contributed by atoms with van der Waals surface area (Å²) >= 11 is 0. The fourth-order valence-corrected chi connectivity index (χ4v) is 2.58. The molecule has 6 nitrogen and oxygen atoms in total. The lowest BCUT2D eigenvalue weighted by Crippen LogP contribution is -2.14. The van der Waals surface area contributed by atoms with Crippen molar-refractivity contribution in [1.82, 2.24) is 0 Å². The molecular weight excluding hydrogens is 354 g/mol. The molecule has 0 atom stereocenters. The Kier molecular flexibility index (Phi) is 5.81. The highest BCUT2D eigenvalue weighted by molar-refractivity contribution is 6.07. The molecule has 0 saturated heterocycles. The zero-order valence-electron chi connectivity index (χ0n) is 15.2. The van der Waals surface area contributed by atoms with Crippen LogP contribution in [-0.2, 0) is 4.79 Å². The van der Waals surface area contributed by atoms with Crippen molar-refractivity contribution in [3.63, 3.8) is 0 Å². The van der Waals surface area contributed by atoms with E-state index in [1.54, 1.807) is 60.7 Å². The van der Waals surface area contributed by atoms with Crippen molar-refractivity contribution in [3.05, 3.63) is 90.0 Å². The molecule has 0 radical (unpaired) electrons. The molecule has 0 saturated carbocycles. The van der Waals surface area contributed by atoms with Gasteiger partial charge in [0.25, 0.3) is 11.8 Å². The molecule has 3 amide bonds. The van der Waals surface area contributed by atoms with Crippen LogP contribution in [0.15, 0.2) is 78.9 Å². The summed E-state index contributed by atoms with van der Waals surface area (Å²) in [7, 11) is 0. The van der Waals surface area contributed by atoms with Crippen molar-refractivity contribution in [2.45, 2.75) is 6.92 Å². The lowest BCUT2D eigenvalue weighted by Gasteiger charge is -2.09. The van der Waals surface area contributed by atoms with Gasteiger partial charge in [-0.05, 0) is 54.6 Å². The van der Waals surface area contributed by atoms with Gasteiger partial charge in [0.1, 0.15) is 0 Å². The van der Waals surface area contributed by atoms with Crippen molar-refractivity contribution in [1.29, 1.82) is 0 Å². The molecule has 6 heteroatoms. The van der Waals surface area contributed by atoms with Crippen molar-refractivity contribution in [2.24, 2.45) is 0 Å². The molecule has 0 aliphatic rings. The summed E-state index contributed by atoms with van der Waals surface area (Å²) in [4.78, 5) is 35.8. The third-order valence-electron chi connectivity index (χ3n) is 3.88. The van der Waals surface area contributed by atoms with Crippen LogP contribution in [-0.4, -0.2) is 17.7 Å². The Morgan fingerprint density at radius 2 is 1.04 bits per heavy atom. The number of anilines is 3. The number of carbonyl (C=O) groups excluding carboxylic acids is 3. The van der Waals surface area contributed by atoms with Crippen LogP contribution in [0.5, 0.6) is 0 Å². The average Bonchev–Trinajstić information content (AvgIpc) is 2.68. The molecule has 0 aliphatic heterocycles. The lowest BCUT2D eigenvalue weighted by molar-refractivity contribution is -0.114. The molecule has 3 aromatic carbocycles. The maximum atomic E-state index is 12.4. The van der Waals surface area contributed by atoms with E-state index >= 15 is 0 Å². The van der Waals surface area contributed by atoms with E-state index in [1.807, 2.05) is 18.2 Å². The van der Waals surface area contributed by atoms with Gasteiger partial charge in [0.2, 0.25) is 5.91 Å². The molecular formula is C22H19N3O3. The summed E-state index contributed by atoms with van der Waals surface area (Å²) in [6.07, 6.45) is 0. The molecule has 3 N–H and O–H groups in total. The van der Waals surface area contributed by atoms with Gasteiger partial charge < -0.3 is 16.0 Å². The molecule has 3 rings (SSSR count). The monoisotopic (exact) mass is 373 g/mol. The molecule has 0 aliphatic carbocycles. The van der Waals surface area contributed by atoms with Crippen molar-refractivity contribution in [3.8, 4) is 0 Å². The van der Waals surface area contributed by atoms with E-state index in [2.05, 4.69) is 16.0 Å². The topological polar surface area (TPSA) is 87.3 Å². The number of hydrogen-bond acceptors (Lipinski definition) is 3. The van der Waals surface area contributed by atoms with E-state index in [0.29, 0.717) is 28.2 Å². The number of amides is 3. The average molecular weight is 373 g/mol. The predicted octanol–water partition coefficient (Wildman–Crippen LogP) is 4.15. The first kappa shape index (κ1) is 18.8. The standard InChI is InChI=1S/C22H19N3O3/c1-15(26)23-19-8-5-9-20(14-19)25-22(28)17-12-10-16(11-13-17)21(27)24-18-6-3-2-4-7-18/h2-14H,1H3,(H,23,26)(H,24,27)(H,25,28). The van der Waals surface area contributed by atoms with Crippen LogP contribution in [0.25, 0.3) is 0 Å². The summed E-state index contributed by atoms with van der Waals surface area (Å²) in [6.45, 7) is 1.42. The third-order valence-corrected chi connectivity index (χ3v) is 3.88. The molecule has 140 valence electrons. The Bertz CT molecular complexity index is 999.